The second-order valence-electron chi connectivity index (χ2n) is 3.05. The molecule has 0 spiro atoms. The van der Waals surface area contributed by atoms with E-state index in [1.54, 1.807) is 0 Å². The van der Waals surface area contributed by atoms with Crippen LogP contribution >= 0.6 is 42.4 Å². The Hall–Kier alpha value is 2.51. The summed E-state index contributed by atoms with van der Waals surface area (Å²) in [6.07, 6.45) is 0. The van der Waals surface area contributed by atoms with Gasteiger partial charge in [-0.1, -0.05) is 0 Å². The van der Waals surface area contributed by atoms with E-state index in [1.165, 1.54) is 0 Å². The van der Waals surface area contributed by atoms with Crippen molar-refractivity contribution in [2.24, 2.45) is 0 Å². The Bertz CT molecular complexity index is 42.3. The summed E-state index contributed by atoms with van der Waals surface area (Å²) in [5.74, 6) is 0. The molecule has 0 aliphatic heterocycles. The molecule has 0 N–H and O–H groups in total. The Balaban J connectivity index is -0.0000000886. The standard InChI is InChI=1S/2C3H9P.2BrH.Pt/c2*1-4(2)3;;;/h2*1-3H3;2*1H;/q;;;;+2. The van der Waals surface area contributed by atoms with Gasteiger partial charge in [0.2, 0.25) is 0 Å². The van der Waals surface area contributed by atoms with Gasteiger partial charge in [0.05, 0.1) is 0 Å². The summed E-state index contributed by atoms with van der Waals surface area (Å²) in [5, 5.41) is 0. The summed E-state index contributed by atoms with van der Waals surface area (Å²) in [7, 11) is 0.241. The first kappa shape index (κ1) is 19.1. The van der Waals surface area contributed by atoms with Crippen molar-refractivity contribution in [2.45, 2.75) is 0 Å². The summed E-state index contributed by atoms with van der Waals surface area (Å²) in [5.41, 5.74) is 0. The van der Waals surface area contributed by atoms with Crippen LogP contribution < -0.4 is 0 Å². The van der Waals surface area contributed by atoms with Crippen molar-refractivity contribution in [1.29, 1.82) is 0 Å². The molecule has 0 aromatic carbocycles. The summed E-state index contributed by atoms with van der Waals surface area (Å²) in [6.45, 7) is 13.6. The molecule has 0 bridgehead atoms. The third kappa shape index (κ3) is 220. The Labute approximate surface area is 96.0 Å². The van der Waals surface area contributed by atoms with Gasteiger partial charge in [0.25, 0.3) is 0 Å². The molecule has 0 radical (unpaired) electrons. The van der Waals surface area contributed by atoms with Crippen LogP contribution in [0.3, 0.4) is 0 Å². The van der Waals surface area contributed by atoms with Crippen LogP contribution in [0.5, 0.6) is 0 Å². The summed E-state index contributed by atoms with van der Waals surface area (Å²) >= 11 is 6.56. The van der Waals surface area contributed by atoms with E-state index >= 15 is 0 Å². The molecular weight excluding hydrogens is 489 g/mol. The van der Waals surface area contributed by atoms with E-state index in [-0.39, 0.29) is 30.3 Å². The van der Waals surface area contributed by atoms with Crippen LogP contribution in [0, 0.1) is 0 Å². The van der Waals surface area contributed by atoms with Gasteiger partial charge >= 0.3 is 41.0 Å². The topological polar surface area (TPSA) is 0 Å². The average Bonchev–Trinajstić information content (AvgIpc) is 1.60. The van der Waals surface area contributed by atoms with Gasteiger partial charge in [-0.2, -0.15) is 0 Å². The molecule has 0 aliphatic carbocycles. The van der Waals surface area contributed by atoms with Gasteiger partial charge in [-0.15, -0.1) is 0 Å². The molecule has 0 aromatic rings. The predicted molar refractivity (Wildman–Crippen MR) is 70.0 cm³/mol. The first-order valence-corrected chi connectivity index (χ1v) is 19.2. The minimum absolute atomic E-state index is 0.120. The number of hydrogen-bond donors (Lipinski definition) is 0. The van der Waals surface area contributed by atoms with Crippen LogP contribution in [0.2, 0.25) is 0 Å². The third-order valence-electron chi connectivity index (χ3n) is 0. The van der Waals surface area contributed by atoms with Crippen molar-refractivity contribution in [3.05, 3.63) is 0 Å². The molecule has 0 saturated carbocycles. The first-order chi connectivity index (χ1) is 4.88. The van der Waals surface area contributed by atoms with Gasteiger partial charge in [-0.05, 0) is 15.8 Å². The van der Waals surface area contributed by atoms with Gasteiger partial charge < -0.3 is 0 Å². The molecule has 0 aliphatic rings. The fraction of sp³-hybridized carbons (Fsp3) is 1.00. The Kier molecular flexibility index (Phi) is 31.9. The van der Waals surface area contributed by atoms with Gasteiger partial charge in [0.15, 0.2) is 0 Å². The Morgan fingerprint density at radius 1 is 0.727 bits per heavy atom. The zero-order valence-corrected chi connectivity index (χ0v) is 15.5. The fourth-order valence-corrected chi connectivity index (χ4v) is 0. The second kappa shape index (κ2) is 18.3. The molecule has 0 atom stereocenters. The molecule has 0 amide bonds. The van der Waals surface area contributed by atoms with Gasteiger partial charge in [0.1, 0.15) is 0 Å². The second-order valence-corrected chi connectivity index (χ2v) is 19.0. The molecule has 0 unspecified atom stereocenters. The van der Waals surface area contributed by atoms with E-state index in [2.05, 4.69) is 66.6 Å². The number of rotatable bonds is 0. The van der Waals surface area contributed by atoms with E-state index in [0.717, 1.165) is 0 Å². The molecular formula is C6H20Br2P2Pt+2. The van der Waals surface area contributed by atoms with Crippen molar-refractivity contribution < 1.29 is 14.5 Å². The Morgan fingerprint density at radius 2 is 0.727 bits per heavy atom. The molecule has 0 heterocycles. The van der Waals surface area contributed by atoms with Crippen LogP contribution in [0.15, 0.2) is 0 Å². The van der Waals surface area contributed by atoms with Gasteiger partial charge in [-0.3, -0.25) is 0 Å². The zero-order valence-electron chi connectivity index (χ0n) is 8.07. The van der Waals surface area contributed by atoms with Crippen LogP contribution in [0.4, 0.5) is 0 Å². The van der Waals surface area contributed by atoms with Crippen molar-refractivity contribution in [3.8, 4) is 0 Å². The molecule has 0 rings (SSSR count). The van der Waals surface area contributed by atoms with E-state index < -0.39 is 0 Å². The maximum absolute atomic E-state index is 3.17. The van der Waals surface area contributed by atoms with Crippen LogP contribution in [0.1, 0.15) is 0 Å². The number of halogens is 2. The quantitative estimate of drug-likeness (QED) is 0.436. The SMILES string of the molecule is C[PH+](C)C.C[PH+](C)C.[Br][Pt][Br]. The Morgan fingerprint density at radius 3 is 0.727 bits per heavy atom. The van der Waals surface area contributed by atoms with Crippen LogP contribution in [-0.2, 0) is 14.5 Å². The first-order valence-electron chi connectivity index (χ1n) is 3.24. The van der Waals surface area contributed by atoms with Crippen molar-refractivity contribution in [3.63, 3.8) is 0 Å². The summed E-state index contributed by atoms with van der Waals surface area (Å²) < 4.78 is 0. The molecule has 76 valence electrons. The number of hydrogen-bond acceptors (Lipinski definition) is 0. The molecule has 0 fully saturated rings. The van der Waals surface area contributed by atoms with Crippen molar-refractivity contribution >= 4 is 42.4 Å². The predicted octanol–water partition coefficient (Wildman–Crippen LogP) is 3.87. The van der Waals surface area contributed by atoms with Crippen LogP contribution in [-0.4, -0.2) is 40.0 Å². The van der Waals surface area contributed by atoms with E-state index in [1.807, 2.05) is 0 Å². The molecule has 5 heteroatoms. The summed E-state index contributed by atoms with van der Waals surface area (Å²) in [6, 6.07) is 0. The molecule has 0 saturated heterocycles. The van der Waals surface area contributed by atoms with Gasteiger partial charge in [-0.25, -0.2) is 0 Å². The minimum atomic E-state index is 0.120. The van der Waals surface area contributed by atoms with Gasteiger partial charge in [0, 0.05) is 40.0 Å². The molecule has 0 aromatic heterocycles. The van der Waals surface area contributed by atoms with Crippen LogP contribution in [0.25, 0.3) is 0 Å². The zero-order chi connectivity index (χ0) is 9.86. The maximum atomic E-state index is 3.17. The molecule has 0 nitrogen and oxygen atoms in total. The van der Waals surface area contributed by atoms with Crippen molar-refractivity contribution in [1.82, 2.24) is 0 Å². The van der Waals surface area contributed by atoms with E-state index in [4.69, 9.17) is 0 Å². The average molecular weight is 509 g/mol. The van der Waals surface area contributed by atoms with E-state index in [0.29, 0.717) is 0 Å². The summed E-state index contributed by atoms with van der Waals surface area (Å²) in [4.78, 5) is 0. The third-order valence-corrected chi connectivity index (χ3v) is 0. The van der Waals surface area contributed by atoms with Crippen molar-refractivity contribution in [2.75, 3.05) is 40.0 Å². The normalized spacial score (nSPS) is 8.55. The van der Waals surface area contributed by atoms with E-state index in [9.17, 15) is 0 Å². The molecule has 11 heavy (non-hydrogen) atoms. The fourth-order valence-electron chi connectivity index (χ4n) is 0. The monoisotopic (exact) mass is 507 g/mol.